The predicted octanol–water partition coefficient (Wildman–Crippen LogP) is 2.82. The number of amides is 1. The van der Waals surface area contributed by atoms with Gasteiger partial charge in [-0.2, -0.15) is 5.10 Å². The van der Waals surface area contributed by atoms with Crippen LogP contribution in [0.5, 0.6) is 0 Å². The van der Waals surface area contributed by atoms with Crippen LogP contribution in [0.4, 0.5) is 0 Å². The van der Waals surface area contributed by atoms with E-state index in [0.717, 1.165) is 15.9 Å². The lowest BCUT2D eigenvalue weighted by molar-refractivity contribution is 0.0694. The van der Waals surface area contributed by atoms with Crippen LogP contribution in [0.1, 0.15) is 37.2 Å². The molecule has 126 valence electrons. The van der Waals surface area contributed by atoms with Crippen molar-refractivity contribution in [2.45, 2.75) is 20.4 Å². The van der Waals surface area contributed by atoms with Crippen LogP contribution in [0.15, 0.2) is 16.5 Å². The normalized spacial score (nSPS) is 11.2. The number of carbonyl (C=O) groups is 2. The lowest BCUT2D eigenvalue weighted by atomic mass is 10.2. The number of rotatable bonds is 4. The maximum Gasteiger partial charge on any atom is 0.339 e. The fourth-order valence-electron chi connectivity index (χ4n) is 2.64. The van der Waals surface area contributed by atoms with Crippen molar-refractivity contribution in [1.29, 1.82) is 0 Å². The minimum absolute atomic E-state index is 0.120. The van der Waals surface area contributed by atoms with Crippen LogP contribution in [0.2, 0.25) is 0 Å². The first kappa shape index (κ1) is 16.3. The van der Waals surface area contributed by atoms with Gasteiger partial charge in [-0.1, -0.05) is 0 Å². The summed E-state index contributed by atoms with van der Waals surface area (Å²) in [4.78, 5) is 26.8. The first-order valence-corrected chi connectivity index (χ1v) is 8.10. The predicted molar refractivity (Wildman–Crippen MR) is 89.5 cm³/mol. The molecule has 0 saturated carbocycles. The Bertz CT molecular complexity index is 916. The number of aryl methyl sites for hydroxylation is 3. The van der Waals surface area contributed by atoms with Gasteiger partial charge in [-0.25, -0.2) is 4.79 Å². The molecule has 0 aliphatic rings. The van der Waals surface area contributed by atoms with Crippen molar-refractivity contribution in [1.82, 2.24) is 14.7 Å². The summed E-state index contributed by atoms with van der Waals surface area (Å²) >= 11 is 1.39. The van der Waals surface area contributed by atoms with E-state index in [0.29, 0.717) is 16.4 Å². The van der Waals surface area contributed by atoms with Crippen molar-refractivity contribution in [3.63, 3.8) is 0 Å². The zero-order valence-corrected chi connectivity index (χ0v) is 14.6. The molecule has 3 aromatic heterocycles. The van der Waals surface area contributed by atoms with Crippen LogP contribution in [-0.2, 0) is 13.6 Å². The summed E-state index contributed by atoms with van der Waals surface area (Å²) < 4.78 is 7.19. The molecule has 0 spiro atoms. The quantitative estimate of drug-likeness (QED) is 0.784. The summed E-state index contributed by atoms with van der Waals surface area (Å²) in [6.45, 7) is 3.71. The van der Waals surface area contributed by atoms with Crippen LogP contribution in [-0.4, -0.2) is 38.7 Å². The third-order valence-electron chi connectivity index (χ3n) is 3.85. The highest BCUT2D eigenvalue weighted by Crippen LogP contribution is 2.28. The van der Waals surface area contributed by atoms with E-state index in [1.54, 1.807) is 18.7 Å². The van der Waals surface area contributed by atoms with E-state index in [4.69, 9.17) is 9.52 Å². The number of carboxylic acid groups (broad SMARTS) is 1. The molecule has 0 aliphatic carbocycles. The largest absolute Gasteiger partial charge is 0.478 e. The van der Waals surface area contributed by atoms with Crippen LogP contribution in [0.25, 0.3) is 10.2 Å². The maximum atomic E-state index is 12.6. The molecular weight excluding hydrogens is 330 g/mol. The van der Waals surface area contributed by atoms with E-state index in [-0.39, 0.29) is 18.0 Å². The first-order valence-electron chi connectivity index (χ1n) is 7.29. The third kappa shape index (κ3) is 2.69. The van der Waals surface area contributed by atoms with E-state index in [9.17, 15) is 9.59 Å². The number of thiophene rings is 1. The topological polar surface area (TPSA) is 88.6 Å². The molecule has 0 aliphatic heterocycles. The summed E-state index contributed by atoms with van der Waals surface area (Å²) in [5, 5.41) is 14.4. The van der Waals surface area contributed by atoms with Gasteiger partial charge in [0.05, 0.1) is 17.1 Å². The van der Waals surface area contributed by atoms with Crippen molar-refractivity contribution in [2.24, 2.45) is 7.05 Å². The number of hydrogen-bond donors (Lipinski definition) is 1. The Morgan fingerprint density at radius 3 is 2.67 bits per heavy atom. The molecule has 1 N–H and O–H groups in total. The molecule has 7 nitrogen and oxygen atoms in total. The second-order valence-corrected chi connectivity index (χ2v) is 6.72. The van der Waals surface area contributed by atoms with Gasteiger partial charge in [-0.15, -0.1) is 11.3 Å². The van der Waals surface area contributed by atoms with E-state index in [1.165, 1.54) is 22.3 Å². The molecule has 0 atom stereocenters. The number of furan rings is 1. The lowest BCUT2D eigenvalue weighted by Gasteiger charge is -2.14. The molecule has 0 saturated heterocycles. The molecule has 0 unspecified atom stereocenters. The highest BCUT2D eigenvalue weighted by Gasteiger charge is 2.20. The van der Waals surface area contributed by atoms with Crippen molar-refractivity contribution in [3.8, 4) is 0 Å². The number of aromatic carboxylic acids is 1. The number of carboxylic acids is 1. The van der Waals surface area contributed by atoms with Gasteiger partial charge in [0, 0.05) is 19.5 Å². The molecular formula is C16H17N3O4S. The Labute approximate surface area is 142 Å². The number of hydrogen-bond acceptors (Lipinski definition) is 5. The maximum absolute atomic E-state index is 12.6. The van der Waals surface area contributed by atoms with Gasteiger partial charge in [-0.05, 0) is 26.0 Å². The molecule has 0 radical (unpaired) electrons. The molecule has 1 amide bonds. The Hall–Kier alpha value is -2.61. The van der Waals surface area contributed by atoms with Gasteiger partial charge in [0.2, 0.25) is 0 Å². The van der Waals surface area contributed by atoms with E-state index >= 15 is 0 Å². The smallest absolute Gasteiger partial charge is 0.339 e. The van der Waals surface area contributed by atoms with E-state index in [2.05, 4.69) is 5.10 Å². The fourth-order valence-corrected chi connectivity index (χ4v) is 3.76. The summed E-state index contributed by atoms with van der Waals surface area (Å²) in [5.41, 5.74) is 1.01. The van der Waals surface area contributed by atoms with Gasteiger partial charge in [-0.3, -0.25) is 9.48 Å². The van der Waals surface area contributed by atoms with E-state index in [1.807, 2.05) is 20.0 Å². The average Bonchev–Trinajstić information content (AvgIpc) is 3.15. The SMILES string of the molecule is Cc1oc(CN(C)C(=O)c2cc3c(C)nn(C)c3s2)cc1C(=O)O. The third-order valence-corrected chi connectivity index (χ3v) is 5.04. The number of aromatic nitrogens is 2. The molecule has 3 rings (SSSR count). The molecule has 24 heavy (non-hydrogen) atoms. The Morgan fingerprint density at radius 2 is 2.08 bits per heavy atom. The Balaban J connectivity index is 1.82. The number of carbonyl (C=O) groups excluding carboxylic acids is 1. The fraction of sp³-hybridized carbons (Fsp3) is 0.312. The van der Waals surface area contributed by atoms with Crippen molar-refractivity contribution >= 4 is 33.4 Å². The monoisotopic (exact) mass is 347 g/mol. The summed E-state index contributed by atoms with van der Waals surface area (Å²) in [6.07, 6.45) is 0. The Morgan fingerprint density at radius 1 is 1.38 bits per heavy atom. The van der Waals surface area contributed by atoms with Gasteiger partial charge in [0.15, 0.2) is 0 Å². The summed E-state index contributed by atoms with van der Waals surface area (Å²) in [7, 11) is 3.51. The number of fused-ring (bicyclic) bond motifs is 1. The Kier molecular flexibility index (Phi) is 3.92. The van der Waals surface area contributed by atoms with Crippen LogP contribution in [0.3, 0.4) is 0 Å². The van der Waals surface area contributed by atoms with Crippen LogP contribution < -0.4 is 0 Å². The minimum atomic E-state index is -1.04. The lowest BCUT2D eigenvalue weighted by Crippen LogP contribution is -2.25. The minimum Gasteiger partial charge on any atom is -0.478 e. The molecule has 8 heteroatoms. The number of nitrogens with zero attached hydrogens (tertiary/aromatic N) is 3. The zero-order valence-electron chi connectivity index (χ0n) is 13.8. The summed E-state index contributed by atoms with van der Waals surface area (Å²) in [6, 6.07) is 3.30. The van der Waals surface area contributed by atoms with Gasteiger partial charge in [0.1, 0.15) is 21.9 Å². The first-order chi connectivity index (χ1) is 11.3. The zero-order chi connectivity index (χ0) is 17.6. The van der Waals surface area contributed by atoms with E-state index < -0.39 is 5.97 Å². The van der Waals surface area contributed by atoms with Crippen LogP contribution in [0, 0.1) is 13.8 Å². The van der Waals surface area contributed by atoms with Crippen molar-refractivity contribution < 1.29 is 19.1 Å². The van der Waals surface area contributed by atoms with Crippen LogP contribution >= 0.6 is 11.3 Å². The second kappa shape index (κ2) is 5.79. The standard InChI is InChI=1S/C16H17N3O4S/c1-8-11-6-13(24-15(11)19(4)17-8)14(20)18(3)7-10-5-12(16(21)22)9(2)23-10/h5-6H,7H2,1-4H3,(H,21,22). The van der Waals surface area contributed by atoms with Gasteiger partial charge >= 0.3 is 5.97 Å². The average molecular weight is 347 g/mol. The summed E-state index contributed by atoms with van der Waals surface area (Å²) in [5.74, 6) is -0.396. The van der Waals surface area contributed by atoms with Crippen molar-refractivity contribution in [2.75, 3.05) is 7.05 Å². The molecule has 3 heterocycles. The van der Waals surface area contributed by atoms with Gasteiger partial charge in [0.25, 0.3) is 5.91 Å². The molecule has 3 aromatic rings. The molecule has 0 bridgehead atoms. The second-order valence-electron chi connectivity index (χ2n) is 5.69. The highest BCUT2D eigenvalue weighted by molar-refractivity contribution is 7.20. The molecule has 0 aromatic carbocycles. The molecule has 0 fully saturated rings. The van der Waals surface area contributed by atoms with Gasteiger partial charge < -0.3 is 14.4 Å². The van der Waals surface area contributed by atoms with Crippen molar-refractivity contribution in [3.05, 3.63) is 39.8 Å². The highest BCUT2D eigenvalue weighted by atomic mass is 32.1.